The molecule has 0 spiro atoms. The van der Waals surface area contributed by atoms with Crippen molar-refractivity contribution in [3.05, 3.63) is 23.8 Å². The maximum atomic E-state index is 11.5. The molecular weight excluding hydrogens is 248 g/mol. The van der Waals surface area contributed by atoms with E-state index >= 15 is 0 Å². The van der Waals surface area contributed by atoms with Crippen molar-refractivity contribution in [3.8, 4) is 11.5 Å². The van der Waals surface area contributed by atoms with Crippen LogP contribution in [-0.2, 0) is 16.1 Å². The van der Waals surface area contributed by atoms with Gasteiger partial charge in [-0.15, -0.1) is 0 Å². The van der Waals surface area contributed by atoms with E-state index in [4.69, 9.17) is 9.47 Å². The van der Waals surface area contributed by atoms with E-state index in [2.05, 4.69) is 10.6 Å². The lowest BCUT2D eigenvalue weighted by Gasteiger charge is -2.06. The minimum atomic E-state index is -0.607. The number of carbonyl (C=O) groups is 2. The fraction of sp³-hybridized carbons (Fsp3) is 0.385. The molecule has 0 atom stereocenters. The highest BCUT2D eigenvalue weighted by Gasteiger charge is 2.26. The molecule has 0 bridgehead atoms. The first-order valence-corrected chi connectivity index (χ1v) is 6.19. The van der Waals surface area contributed by atoms with E-state index in [1.807, 2.05) is 6.07 Å². The van der Waals surface area contributed by atoms with Gasteiger partial charge in [0.15, 0.2) is 11.5 Å². The second kappa shape index (κ2) is 4.79. The van der Waals surface area contributed by atoms with Crippen molar-refractivity contribution in [2.24, 2.45) is 0 Å². The van der Waals surface area contributed by atoms with E-state index in [9.17, 15) is 9.59 Å². The number of ether oxygens (including phenoxy) is 2. The summed E-state index contributed by atoms with van der Waals surface area (Å²) in [6.07, 6.45) is 1.92. The monoisotopic (exact) mass is 262 g/mol. The van der Waals surface area contributed by atoms with E-state index in [0.29, 0.717) is 11.5 Å². The van der Waals surface area contributed by atoms with Crippen molar-refractivity contribution < 1.29 is 19.1 Å². The zero-order valence-corrected chi connectivity index (χ0v) is 10.3. The summed E-state index contributed by atoms with van der Waals surface area (Å²) in [5.41, 5.74) is 0.858. The zero-order valence-electron chi connectivity index (χ0n) is 10.3. The molecule has 0 saturated heterocycles. The number of carbonyl (C=O) groups excluding carboxylic acids is 2. The van der Waals surface area contributed by atoms with Gasteiger partial charge in [0.05, 0.1) is 0 Å². The van der Waals surface area contributed by atoms with Gasteiger partial charge < -0.3 is 20.1 Å². The summed E-state index contributed by atoms with van der Waals surface area (Å²) in [7, 11) is 0. The number of hydrogen-bond donors (Lipinski definition) is 2. The summed E-state index contributed by atoms with van der Waals surface area (Å²) < 4.78 is 10.4. The van der Waals surface area contributed by atoms with E-state index in [1.54, 1.807) is 12.1 Å². The number of fused-ring (bicyclic) bond motifs is 1. The van der Waals surface area contributed by atoms with Gasteiger partial charge in [-0.25, -0.2) is 0 Å². The maximum absolute atomic E-state index is 11.5. The van der Waals surface area contributed by atoms with Gasteiger partial charge >= 0.3 is 11.8 Å². The Hall–Kier alpha value is -2.24. The minimum absolute atomic E-state index is 0.184. The third-order valence-electron chi connectivity index (χ3n) is 3.01. The Morgan fingerprint density at radius 1 is 1.16 bits per heavy atom. The average Bonchev–Trinajstić information content (AvgIpc) is 3.10. The van der Waals surface area contributed by atoms with Crippen LogP contribution in [0, 0.1) is 0 Å². The van der Waals surface area contributed by atoms with Crippen LogP contribution in [0.3, 0.4) is 0 Å². The fourth-order valence-electron chi connectivity index (χ4n) is 1.79. The standard InChI is InChI=1S/C13H14N2O4/c16-12(13(17)15-9-2-3-9)14-6-8-1-4-10-11(5-8)19-7-18-10/h1,4-5,9H,2-3,6-7H2,(H,14,16)(H,15,17). The molecule has 100 valence electrons. The Bertz CT molecular complexity index is 525. The van der Waals surface area contributed by atoms with Crippen molar-refractivity contribution in [2.75, 3.05) is 6.79 Å². The van der Waals surface area contributed by atoms with E-state index in [1.165, 1.54) is 0 Å². The molecule has 3 rings (SSSR count). The highest BCUT2D eigenvalue weighted by atomic mass is 16.7. The summed E-state index contributed by atoms with van der Waals surface area (Å²) >= 11 is 0. The van der Waals surface area contributed by atoms with E-state index in [0.717, 1.165) is 18.4 Å². The SMILES string of the molecule is O=C(NCc1ccc2c(c1)OCO2)C(=O)NC1CC1. The summed E-state index contributed by atoms with van der Waals surface area (Å²) in [5, 5.41) is 5.21. The minimum Gasteiger partial charge on any atom is -0.454 e. The molecule has 1 aromatic carbocycles. The molecule has 19 heavy (non-hydrogen) atoms. The first-order chi connectivity index (χ1) is 9.22. The van der Waals surface area contributed by atoms with Crippen LogP contribution in [0.15, 0.2) is 18.2 Å². The normalized spacial score (nSPS) is 16.0. The second-order valence-corrected chi connectivity index (χ2v) is 4.62. The van der Waals surface area contributed by atoms with Gasteiger partial charge in [0, 0.05) is 12.6 Å². The van der Waals surface area contributed by atoms with E-state index < -0.39 is 11.8 Å². The molecule has 1 aliphatic carbocycles. The van der Waals surface area contributed by atoms with Crippen LogP contribution in [0.1, 0.15) is 18.4 Å². The van der Waals surface area contributed by atoms with Gasteiger partial charge in [0.1, 0.15) is 0 Å². The van der Waals surface area contributed by atoms with Crippen LogP contribution < -0.4 is 20.1 Å². The van der Waals surface area contributed by atoms with Gasteiger partial charge in [0.25, 0.3) is 0 Å². The van der Waals surface area contributed by atoms with Crippen LogP contribution in [0.4, 0.5) is 0 Å². The lowest BCUT2D eigenvalue weighted by atomic mass is 10.2. The first kappa shape index (κ1) is 11.8. The number of nitrogens with one attached hydrogen (secondary N) is 2. The van der Waals surface area contributed by atoms with Crippen LogP contribution in [0.5, 0.6) is 11.5 Å². The lowest BCUT2D eigenvalue weighted by molar-refractivity contribution is -0.139. The summed E-state index contributed by atoms with van der Waals surface area (Å²) in [6, 6.07) is 5.59. The van der Waals surface area contributed by atoms with Gasteiger partial charge in [-0.2, -0.15) is 0 Å². The summed E-state index contributed by atoms with van der Waals surface area (Å²) in [6.45, 7) is 0.502. The van der Waals surface area contributed by atoms with Gasteiger partial charge in [-0.3, -0.25) is 9.59 Å². The highest BCUT2D eigenvalue weighted by Crippen LogP contribution is 2.32. The highest BCUT2D eigenvalue weighted by molar-refractivity contribution is 6.35. The number of rotatable bonds is 3. The Morgan fingerprint density at radius 3 is 2.74 bits per heavy atom. The molecule has 6 nitrogen and oxygen atoms in total. The Labute approximate surface area is 110 Å². The summed E-state index contributed by atoms with van der Waals surface area (Å²) in [5.74, 6) is 0.184. The van der Waals surface area contributed by atoms with Crippen LogP contribution in [-0.4, -0.2) is 24.6 Å². The molecule has 0 unspecified atom stereocenters. The quantitative estimate of drug-likeness (QED) is 0.769. The second-order valence-electron chi connectivity index (χ2n) is 4.62. The molecule has 2 N–H and O–H groups in total. The molecule has 6 heteroatoms. The van der Waals surface area contributed by atoms with Crippen molar-refractivity contribution in [1.29, 1.82) is 0 Å². The maximum Gasteiger partial charge on any atom is 0.309 e. The molecular formula is C13H14N2O4. The van der Waals surface area contributed by atoms with Crippen LogP contribution in [0.25, 0.3) is 0 Å². The van der Waals surface area contributed by atoms with Gasteiger partial charge in [0.2, 0.25) is 6.79 Å². The zero-order chi connectivity index (χ0) is 13.2. The molecule has 1 saturated carbocycles. The van der Waals surface area contributed by atoms with Crippen LogP contribution in [0.2, 0.25) is 0 Å². The van der Waals surface area contributed by atoms with E-state index in [-0.39, 0.29) is 19.4 Å². The van der Waals surface area contributed by atoms with Crippen molar-refractivity contribution in [1.82, 2.24) is 10.6 Å². The van der Waals surface area contributed by atoms with Gasteiger partial charge in [-0.1, -0.05) is 6.07 Å². The molecule has 1 aliphatic heterocycles. The first-order valence-electron chi connectivity index (χ1n) is 6.19. The lowest BCUT2D eigenvalue weighted by Crippen LogP contribution is -2.40. The molecule has 0 aromatic heterocycles. The third-order valence-corrected chi connectivity index (χ3v) is 3.01. The molecule has 2 amide bonds. The van der Waals surface area contributed by atoms with Crippen molar-refractivity contribution >= 4 is 11.8 Å². The summed E-state index contributed by atoms with van der Waals surface area (Å²) in [4.78, 5) is 23.0. The molecule has 0 radical (unpaired) electrons. The Balaban J connectivity index is 1.53. The number of benzene rings is 1. The van der Waals surface area contributed by atoms with Crippen molar-refractivity contribution in [2.45, 2.75) is 25.4 Å². The molecule has 1 heterocycles. The molecule has 2 aliphatic rings. The predicted octanol–water partition coefficient (Wildman–Crippen LogP) is 0.310. The largest absolute Gasteiger partial charge is 0.454 e. The third kappa shape index (κ3) is 2.78. The Morgan fingerprint density at radius 2 is 1.95 bits per heavy atom. The smallest absolute Gasteiger partial charge is 0.309 e. The molecule has 1 aromatic rings. The topological polar surface area (TPSA) is 76.7 Å². The Kier molecular flexibility index (Phi) is 2.98. The van der Waals surface area contributed by atoms with Crippen molar-refractivity contribution in [3.63, 3.8) is 0 Å². The van der Waals surface area contributed by atoms with Gasteiger partial charge in [-0.05, 0) is 30.5 Å². The number of amides is 2. The van der Waals surface area contributed by atoms with Crippen LogP contribution >= 0.6 is 0 Å². The fourth-order valence-corrected chi connectivity index (χ4v) is 1.79. The predicted molar refractivity (Wildman–Crippen MR) is 65.6 cm³/mol. The number of hydrogen-bond acceptors (Lipinski definition) is 4. The average molecular weight is 262 g/mol. The molecule has 1 fully saturated rings.